The van der Waals surface area contributed by atoms with E-state index < -0.39 is 33.2 Å². The minimum atomic E-state index is -1.31. The van der Waals surface area contributed by atoms with Crippen LogP contribution in [0.25, 0.3) is 10.4 Å². The third-order valence-electron chi connectivity index (χ3n) is 1.47. The summed E-state index contributed by atoms with van der Waals surface area (Å²) in [5, 5.41) is 1.18. The second-order valence-electron chi connectivity index (χ2n) is 2.34. The number of carbonyl (C=O) groups is 1. The molecular formula is C7HCl2F2N3O. The van der Waals surface area contributed by atoms with Crippen molar-refractivity contribution in [3.8, 4) is 0 Å². The Hall–Kier alpha value is -1.36. The number of hydrogen-bond donors (Lipinski definition) is 0. The highest BCUT2D eigenvalue weighted by Crippen LogP contribution is 2.28. The van der Waals surface area contributed by atoms with Gasteiger partial charge in [-0.25, -0.2) is 8.78 Å². The van der Waals surface area contributed by atoms with Gasteiger partial charge in [0.25, 0.3) is 5.91 Å². The van der Waals surface area contributed by atoms with Crippen molar-refractivity contribution in [2.24, 2.45) is 5.11 Å². The van der Waals surface area contributed by atoms with Gasteiger partial charge in [0.05, 0.1) is 10.6 Å². The summed E-state index contributed by atoms with van der Waals surface area (Å²) in [6.07, 6.45) is 0. The Balaban J connectivity index is 3.45. The molecule has 1 rings (SSSR count). The molecule has 1 aromatic rings. The van der Waals surface area contributed by atoms with Crippen molar-refractivity contribution in [3.63, 3.8) is 0 Å². The van der Waals surface area contributed by atoms with Gasteiger partial charge in [-0.15, -0.1) is 0 Å². The van der Waals surface area contributed by atoms with Crippen molar-refractivity contribution in [2.75, 3.05) is 0 Å². The molecule has 0 bridgehead atoms. The Labute approximate surface area is 92.0 Å². The van der Waals surface area contributed by atoms with Crippen LogP contribution in [0.5, 0.6) is 0 Å². The number of halogens is 4. The second-order valence-corrected chi connectivity index (χ2v) is 3.13. The molecule has 0 aliphatic heterocycles. The van der Waals surface area contributed by atoms with Crippen molar-refractivity contribution in [2.45, 2.75) is 0 Å². The maximum absolute atomic E-state index is 13.2. The molecule has 0 aliphatic rings. The average Bonchev–Trinajstić information content (AvgIpc) is 2.20. The first-order valence-electron chi connectivity index (χ1n) is 3.41. The molecule has 8 heteroatoms. The molecule has 0 fully saturated rings. The quantitative estimate of drug-likeness (QED) is 0.247. The fourth-order valence-corrected chi connectivity index (χ4v) is 1.28. The topological polar surface area (TPSA) is 65.8 Å². The molecule has 0 saturated heterocycles. The first-order chi connectivity index (χ1) is 6.99. The van der Waals surface area contributed by atoms with Crippen molar-refractivity contribution in [1.82, 2.24) is 0 Å². The summed E-state index contributed by atoms with van der Waals surface area (Å²) in [4.78, 5) is 13.1. The summed E-state index contributed by atoms with van der Waals surface area (Å²) >= 11 is 10.5. The van der Waals surface area contributed by atoms with Crippen LogP contribution in [-0.4, -0.2) is 5.91 Å². The normalized spacial score (nSPS) is 9.60. The lowest BCUT2D eigenvalue weighted by atomic mass is 10.2. The first kappa shape index (κ1) is 11.7. The van der Waals surface area contributed by atoms with Gasteiger partial charge >= 0.3 is 0 Å². The van der Waals surface area contributed by atoms with Crippen LogP contribution in [0.2, 0.25) is 10.0 Å². The van der Waals surface area contributed by atoms with Crippen LogP contribution < -0.4 is 0 Å². The number of azide groups is 1. The van der Waals surface area contributed by atoms with E-state index in [1.54, 1.807) is 0 Å². The van der Waals surface area contributed by atoms with Gasteiger partial charge < -0.3 is 0 Å². The van der Waals surface area contributed by atoms with Crippen molar-refractivity contribution >= 4 is 29.1 Å². The Kier molecular flexibility index (Phi) is 3.47. The number of rotatable bonds is 1. The minimum absolute atomic E-state index is 0.530. The highest BCUT2D eigenvalue weighted by Gasteiger charge is 2.19. The van der Waals surface area contributed by atoms with Crippen LogP contribution in [0.1, 0.15) is 10.4 Å². The van der Waals surface area contributed by atoms with Crippen LogP contribution in [0.15, 0.2) is 11.2 Å². The van der Waals surface area contributed by atoms with E-state index in [-0.39, 0.29) is 0 Å². The Morgan fingerprint density at radius 3 is 2.53 bits per heavy atom. The lowest BCUT2D eigenvalue weighted by Gasteiger charge is -2.03. The molecule has 0 N–H and O–H groups in total. The largest absolute Gasteiger partial charge is 0.287 e. The summed E-state index contributed by atoms with van der Waals surface area (Å²) in [6.45, 7) is 0. The summed E-state index contributed by atoms with van der Waals surface area (Å²) < 4.78 is 26.1. The molecule has 1 aromatic carbocycles. The molecule has 4 nitrogen and oxygen atoms in total. The van der Waals surface area contributed by atoms with Crippen LogP contribution in [0.4, 0.5) is 8.78 Å². The van der Waals surface area contributed by atoms with Crippen LogP contribution in [0.3, 0.4) is 0 Å². The first-order valence-corrected chi connectivity index (χ1v) is 4.17. The Morgan fingerprint density at radius 1 is 1.40 bits per heavy atom. The van der Waals surface area contributed by atoms with E-state index in [1.165, 1.54) is 0 Å². The van der Waals surface area contributed by atoms with Gasteiger partial charge in [0, 0.05) is 4.91 Å². The number of carbonyl (C=O) groups excluding carboxylic acids is 1. The molecule has 0 aromatic heterocycles. The standard InChI is InChI=1S/C7HCl2F2N3O/c8-3-1-2(7(15)13-14-12)5(10)4(9)6(3)11/h1H. The molecule has 15 heavy (non-hydrogen) atoms. The van der Waals surface area contributed by atoms with Gasteiger partial charge in [-0.3, -0.25) is 4.79 Å². The van der Waals surface area contributed by atoms with E-state index in [2.05, 4.69) is 10.0 Å². The Morgan fingerprint density at radius 2 is 2.00 bits per heavy atom. The third-order valence-corrected chi connectivity index (χ3v) is 2.08. The maximum Gasteiger partial charge on any atom is 0.252 e. The second kappa shape index (κ2) is 4.44. The lowest BCUT2D eigenvalue weighted by Crippen LogP contribution is -2.01. The zero-order valence-electron chi connectivity index (χ0n) is 6.84. The molecule has 0 spiro atoms. The van der Waals surface area contributed by atoms with Crippen LogP contribution in [0, 0.1) is 11.6 Å². The van der Waals surface area contributed by atoms with E-state index in [0.29, 0.717) is 6.07 Å². The fourth-order valence-electron chi connectivity index (χ4n) is 0.823. The van der Waals surface area contributed by atoms with Crippen LogP contribution >= 0.6 is 23.2 Å². The number of nitrogens with zero attached hydrogens (tertiary/aromatic N) is 3. The highest BCUT2D eigenvalue weighted by molar-refractivity contribution is 6.35. The highest BCUT2D eigenvalue weighted by atomic mass is 35.5. The maximum atomic E-state index is 13.2. The number of benzene rings is 1. The summed E-state index contributed by atoms with van der Waals surface area (Å²) in [6, 6.07) is 0.703. The zero-order chi connectivity index (χ0) is 11.6. The molecule has 0 atom stereocenters. The van der Waals surface area contributed by atoms with Crippen molar-refractivity contribution < 1.29 is 13.6 Å². The molecule has 0 saturated carbocycles. The van der Waals surface area contributed by atoms with Crippen molar-refractivity contribution in [3.05, 3.63) is 43.8 Å². The predicted molar refractivity (Wildman–Crippen MR) is 49.9 cm³/mol. The summed E-state index contributed by atoms with van der Waals surface area (Å²) in [5.41, 5.74) is 7.28. The fraction of sp³-hybridized carbons (Fsp3) is 0. The van der Waals surface area contributed by atoms with Gasteiger partial charge in [0.2, 0.25) is 0 Å². The number of amides is 1. The van der Waals surface area contributed by atoms with E-state index in [0.717, 1.165) is 0 Å². The lowest BCUT2D eigenvalue weighted by molar-refractivity contribution is 0.0996. The minimum Gasteiger partial charge on any atom is -0.287 e. The van der Waals surface area contributed by atoms with E-state index in [9.17, 15) is 13.6 Å². The molecule has 78 valence electrons. The van der Waals surface area contributed by atoms with Gasteiger partial charge in [-0.1, -0.05) is 23.2 Å². The molecule has 0 aliphatic carbocycles. The van der Waals surface area contributed by atoms with E-state index in [4.69, 9.17) is 28.7 Å². The van der Waals surface area contributed by atoms with Gasteiger partial charge in [0.15, 0.2) is 11.6 Å². The van der Waals surface area contributed by atoms with Gasteiger partial charge in [-0.2, -0.15) is 0 Å². The van der Waals surface area contributed by atoms with E-state index in [1.807, 2.05) is 0 Å². The monoisotopic (exact) mass is 251 g/mol. The Bertz CT molecular complexity index is 486. The molecule has 0 radical (unpaired) electrons. The van der Waals surface area contributed by atoms with Crippen LogP contribution in [-0.2, 0) is 0 Å². The number of hydrogen-bond acceptors (Lipinski definition) is 1. The third kappa shape index (κ3) is 2.18. The summed E-state index contributed by atoms with van der Waals surface area (Å²) in [7, 11) is 0. The molecular weight excluding hydrogens is 251 g/mol. The molecule has 0 heterocycles. The smallest absolute Gasteiger partial charge is 0.252 e. The predicted octanol–water partition coefficient (Wildman–Crippen LogP) is 3.72. The zero-order valence-corrected chi connectivity index (χ0v) is 8.35. The van der Waals surface area contributed by atoms with Gasteiger partial charge in [0.1, 0.15) is 5.02 Å². The van der Waals surface area contributed by atoms with Crippen molar-refractivity contribution in [1.29, 1.82) is 0 Å². The molecule has 0 unspecified atom stereocenters. The van der Waals surface area contributed by atoms with E-state index >= 15 is 0 Å². The molecule has 1 amide bonds. The van der Waals surface area contributed by atoms with Gasteiger partial charge in [-0.05, 0) is 16.7 Å². The average molecular weight is 252 g/mol. The summed E-state index contributed by atoms with van der Waals surface area (Å²) in [5.74, 6) is -3.71. The SMILES string of the molecule is [N-]=[N+]=NC(=O)c1cc(Cl)c(F)c(Cl)c1F.